The van der Waals surface area contributed by atoms with E-state index in [1.165, 1.54) is 46.9 Å². The van der Waals surface area contributed by atoms with Gasteiger partial charge in [-0.25, -0.2) is 9.59 Å². The number of fused-ring (bicyclic) bond motifs is 1. The van der Waals surface area contributed by atoms with Crippen LogP contribution in [0.25, 0.3) is 22.2 Å². The highest BCUT2D eigenvalue weighted by Crippen LogP contribution is 2.30. The highest BCUT2D eigenvalue weighted by molar-refractivity contribution is 5.90. The number of hydrogen-bond donors (Lipinski definition) is 0. The van der Waals surface area contributed by atoms with Crippen LogP contribution in [0.1, 0.15) is 83.2 Å². The predicted octanol–water partition coefficient (Wildman–Crippen LogP) is 7.79. The summed E-state index contributed by atoms with van der Waals surface area (Å²) in [6.07, 6.45) is 8.06. The summed E-state index contributed by atoms with van der Waals surface area (Å²) in [6, 6.07) is 23.7. The average Bonchev–Trinajstić information content (AvgIpc) is 3.43. The molecule has 1 atom stereocenters. The predicted molar refractivity (Wildman–Crippen MR) is 188 cm³/mol. The van der Waals surface area contributed by atoms with Crippen molar-refractivity contribution in [2.24, 2.45) is 0 Å². The van der Waals surface area contributed by atoms with Crippen molar-refractivity contribution < 1.29 is 18.7 Å². The lowest BCUT2D eigenvalue weighted by Crippen LogP contribution is -2.46. The van der Waals surface area contributed by atoms with Crippen LogP contribution in [0, 0.1) is 0 Å². The first kappa shape index (κ1) is 34.2. The van der Waals surface area contributed by atoms with Crippen LogP contribution in [-0.2, 0) is 20.9 Å². The maximum Gasteiger partial charge on any atom is 0.420 e. The topological polar surface area (TPSA) is 85.0 Å². The minimum atomic E-state index is -1.06. The van der Waals surface area contributed by atoms with Crippen LogP contribution in [0.5, 0.6) is 0 Å². The molecule has 0 bridgehead atoms. The number of Topliss-reactive ketones (excluding diaryl/α,β-unsaturated/α-hetero) is 1. The molecule has 0 spiro atoms. The summed E-state index contributed by atoms with van der Waals surface area (Å²) in [5.41, 5.74) is 5.47. The van der Waals surface area contributed by atoms with Crippen molar-refractivity contribution >= 4 is 28.5 Å². The largest absolute Gasteiger partial charge is 0.464 e. The number of piperazine rings is 1. The number of para-hydroxylation sites is 1. The lowest BCUT2D eigenvalue weighted by molar-refractivity contribution is -0.148. The van der Waals surface area contributed by atoms with Crippen molar-refractivity contribution in [3.05, 3.63) is 88.9 Å². The molecule has 5 rings (SSSR count). The second-order valence-corrected chi connectivity index (χ2v) is 12.6. The van der Waals surface area contributed by atoms with Gasteiger partial charge in [-0.3, -0.25) is 14.3 Å². The van der Waals surface area contributed by atoms with Gasteiger partial charge in [0.2, 0.25) is 0 Å². The van der Waals surface area contributed by atoms with Gasteiger partial charge in [0.1, 0.15) is 11.8 Å². The maximum atomic E-state index is 13.3. The molecule has 250 valence electrons. The average molecular weight is 640 g/mol. The number of oxazole rings is 1. The smallest absolute Gasteiger partial charge is 0.420 e. The summed E-state index contributed by atoms with van der Waals surface area (Å²) in [5, 5.41) is 0. The SMILES string of the molecule is CCCCCCCCCC(=O)CC(C(=O)OCC)n1c(=O)oc2c(N3CCN(Cc4cccc(-c5ccccc5)c4)CC3)cccc21. The normalized spacial score (nSPS) is 14.4. The standard InChI is InChI=1S/C39H49N3O5/c1-3-5-6-7-8-9-13-20-33(43)28-36(38(44)46-4-2)42-35-22-15-21-34(37(35)47-39(42)45)41-25-23-40(24-26-41)29-30-16-14-19-32(27-30)31-17-11-10-12-18-31/h10-12,14-19,21-22,27,36H,3-9,13,20,23-26,28-29H2,1-2H3. The Balaban J connectivity index is 1.25. The van der Waals surface area contributed by atoms with Gasteiger partial charge in [-0.1, -0.05) is 100 Å². The Morgan fingerprint density at radius 1 is 0.809 bits per heavy atom. The van der Waals surface area contributed by atoms with Crippen LogP contribution in [0.2, 0.25) is 0 Å². The molecule has 0 N–H and O–H groups in total. The van der Waals surface area contributed by atoms with Crippen LogP contribution in [0.3, 0.4) is 0 Å². The van der Waals surface area contributed by atoms with Crippen LogP contribution >= 0.6 is 0 Å². The van der Waals surface area contributed by atoms with Gasteiger partial charge >= 0.3 is 11.7 Å². The van der Waals surface area contributed by atoms with Gasteiger partial charge in [-0.2, -0.15) is 0 Å². The highest BCUT2D eigenvalue weighted by atomic mass is 16.5. The van der Waals surface area contributed by atoms with E-state index >= 15 is 0 Å². The summed E-state index contributed by atoms with van der Waals surface area (Å²) in [5.74, 6) is -1.27. The van der Waals surface area contributed by atoms with E-state index in [4.69, 9.17) is 9.15 Å². The van der Waals surface area contributed by atoms with Gasteiger partial charge in [-0.15, -0.1) is 0 Å². The van der Waals surface area contributed by atoms with Gasteiger partial charge < -0.3 is 14.1 Å². The van der Waals surface area contributed by atoms with E-state index in [1.54, 1.807) is 13.0 Å². The molecule has 2 heterocycles. The third kappa shape index (κ3) is 9.01. The van der Waals surface area contributed by atoms with E-state index in [2.05, 4.69) is 65.3 Å². The van der Waals surface area contributed by atoms with Gasteiger partial charge in [0.05, 0.1) is 17.8 Å². The number of nitrogens with zero attached hydrogens (tertiary/aromatic N) is 3. The molecular weight excluding hydrogens is 590 g/mol. The van der Waals surface area contributed by atoms with Crippen molar-refractivity contribution in [2.45, 2.75) is 84.2 Å². The fraction of sp³-hybridized carbons (Fsp3) is 0.462. The molecule has 1 aliphatic rings. The number of unbranched alkanes of at least 4 members (excludes halogenated alkanes) is 6. The Morgan fingerprint density at radius 3 is 2.26 bits per heavy atom. The van der Waals surface area contributed by atoms with Crippen LogP contribution in [0.15, 0.2) is 82.0 Å². The molecule has 0 aliphatic carbocycles. The fourth-order valence-corrected chi connectivity index (χ4v) is 6.59. The number of ketones is 1. The third-order valence-electron chi connectivity index (χ3n) is 9.12. The summed E-state index contributed by atoms with van der Waals surface area (Å²) in [4.78, 5) is 44.2. The van der Waals surface area contributed by atoms with Gasteiger partial charge in [0.25, 0.3) is 0 Å². The van der Waals surface area contributed by atoms with Gasteiger partial charge in [0, 0.05) is 45.6 Å². The van der Waals surface area contributed by atoms with E-state index in [0.29, 0.717) is 17.5 Å². The number of esters is 1. The molecule has 1 aromatic heterocycles. The Bertz CT molecular complexity index is 1650. The Morgan fingerprint density at radius 2 is 1.51 bits per heavy atom. The Kier molecular flexibility index (Phi) is 12.4. The molecule has 3 aromatic carbocycles. The number of aromatic nitrogens is 1. The number of ether oxygens (including phenoxy) is 1. The van der Waals surface area contributed by atoms with Crippen molar-refractivity contribution in [1.82, 2.24) is 9.47 Å². The molecule has 47 heavy (non-hydrogen) atoms. The molecule has 1 aliphatic heterocycles. The minimum Gasteiger partial charge on any atom is -0.464 e. The second-order valence-electron chi connectivity index (χ2n) is 12.6. The minimum absolute atomic E-state index is 0.0422. The first-order valence-corrected chi connectivity index (χ1v) is 17.4. The number of benzene rings is 3. The third-order valence-corrected chi connectivity index (χ3v) is 9.12. The molecule has 0 saturated carbocycles. The molecule has 1 fully saturated rings. The van der Waals surface area contributed by atoms with Crippen LogP contribution < -0.4 is 10.7 Å². The van der Waals surface area contributed by atoms with E-state index in [0.717, 1.165) is 57.7 Å². The maximum absolute atomic E-state index is 13.3. The summed E-state index contributed by atoms with van der Waals surface area (Å²) in [6.45, 7) is 8.20. The Hall–Kier alpha value is -4.17. The monoisotopic (exact) mass is 639 g/mol. The zero-order valence-corrected chi connectivity index (χ0v) is 28.0. The molecule has 0 amide bonds. The van der Waals surface area contributed by atoms with Crippen LogP contribution in [0.4, 0.5) is 5.69 Å². The van der Waals surface area contributed by atoms with E-state index in [9.17, 15) is 14.4 Å². The van der Waals surface area contributed by atoms with Crippen molar-refractivity contribution in [1.29, 1.82) is 0 Å². The molecule has 1 unspecified atom stereocenters. The van der Waals surface area contributed by atoms with Crippen molar-refractivity contribution in [2.75, 3.05) is 37.7 Å². The van der Waals surface area contributed by atoms with Gasteiger partial charge in [-0.05, 0) is 48.2 Å². The summed E-state index contributed by atoms with van der Waals surface area (Å²) < 4.78 is 12.5. The molecule has 8 heteroatoms. The quantitative estimate of drug-likeness (QED) is 0.0861. The zero-order chi connectivity index (χ0) is 33.0. The van der Waals surface area contributed by atoms with Crippen molar-refractivity contribution in [3.63, 3.8) is 0 Å². The molecule has 4 aromatic rings. The summed E-state index contributed by atoms with van der Waals surface area (Å²) >= 11 is 0. The first-order valence-electron chi connectivity index (χ1n) is 17.4. The number of rotatable bonds is 17. The van der Waals surface area contributed by atoms with E-state index in [1.807, 2.05) is 18.2 Å². The lowest BCUT2D eigenvalue weighted by Gasteiger charge is -2.36. The molecular formula is C39H49N3O5. The lowest BCUT2D eigenvalue weighted by atomic mass is 10.0. The van der Waals surface area contributed by atoms with E-state index < -0.39 is 17.8 Å². The number of carbonyl (C=O) groups is 2. The highest BCUT2D eigenvalue weighted by Gasteiger charge is 2.31. The molecule has 0 radical (unpaired) electrons. The van der Waals surface area contributed by atoms with Crippen LogP contribution in [-0.4, -0.2) is 54.0 Å². The molecule has 1 saturated heterocycles. The first-order chi connectivity index (χ1) is 23.0. The zero-order valence-electron chi connectivity index (χ0n) is 28.0. The number of anilines is 1. The Labute approximate surface area is 278 Å². The van der Waals surface area contributed by atoms with Gasteiger partial charge in [0.15, 0.2) is 5.58 Å². The summed E-state index contributed by atoms with van der Waals surface area (Å²) in [7, 11) is 0. The van der Waals surface area contributed by atoms with E-state index in [-0.39, 0.29) is 18.8 Å². The second kappa shape index (κ2) is 17.1. The fourth-order valence-electron chi connectivity index (χ4n) is 6.59. The number of carbonyl (C=O) groups excluding carboxylic acids is 2. The van der Waals surface area contributed by atoms with Crippen molar-refractivity contribution in [3.8, 4) is 11.1 Å². The molecule has 8 nitrogen and oxygen atoms in total. The number of hydrogen-bond acceptors (Lipinski definition) is 7.